The van der Waals surface area contributed by atoms with Crippen LogP contribution in [0.2, 0.25) is 0 Å². The number of hydrogen-bond donors (Lipinski definition) is 1. The van der Waals surface area contributed by atoms with E-state index < -0.39 is 5.97 Å². The molecule has 1 aromatic heterocycles. The van der Waals surface area contributed by atoms with Gasteiger partial charge in [0.1, 0.15) is 17.2 Å². The first-order valence-electron chi connectivity index (χ1n) is 9.72. The van der Waals surface area contributed by atoms with Crippen LogP contribution in [0.15, 0.2) is 54.9 Å². The largest absolute Gasteiger partial charge is 0.494 e. The van der Waals surface area contributed by atoms with Gasteiger partial charge in [-0.15, -0.1) is 0 Å². The van der Waals surface area contributed by atoms with Gasteiger partial charge in [-0.05, 0) is 48.2 Å². The van der Waals surface area contributed by atoms with Gasteiger partial charge in [0.05, 0.1) is 19.2 Å². The van der Waals surface area contributed by atoms with Crippen LogP contribution in [0.5, 0.6) is 17.2 Å². The van der Waals surface area contributed by atoms with E-state index >= 15 is 0 Å². The van der Waals surface area contributed by atoms with Crippen LogP contribution in [0.3, 0.4) is 0 Å². The lowest BCUT2D eigenvalue weighted by Gasteiger charge is -2.11. The predicted octanol–water partition coefficient (Wildman–Crippen LogP) is 5.02. The van der Waals surface area contributed by atoms with Gasteiger partial charge in [0.2, 0.25) is 0 Å². The van der Waals surface area contributed by atoms with Gasteiger partial charge < -0.3 is 14.6 Å². The lowest BCUT2D eigenvalue weighted by atomic mass is 10.1. The van der Waals surface area contributed by atoms with Crippen LogP contribution in [0.25, 0.3) is 11.1 Å². The maximum Gasteiger partial charge on any atom is 0.307 e. The average Bonchev–Trinajstić information content (AvgIpc) is 3.09. The third-order valence-electron chi connectivity index (χ3n) is 4.19. The molecule has 6 nitrogen and oxygen atoms in total. The molecule has 2 aromatic carbocycles. The fourth-order valence-corrected chi connectivity index (χ4v) is 3.08. The zero-order valence-electron chi connectivity index (χ0n) is 17.0. The average molecular weight is 394 g/mol. The van der Waals surface area contributed by atoms with Crippen molar-refractivity contribution in [3.8, 4) is 28.4 Å². The van der Waals surface area contributed by atoms with Crippen molar-refractivity contribution in [2.75, 3.05) is 6.61 Å². The number of ether oxygens (including phenoxy) is 2. The third kappa shape index (κ3) is 5.85. The van der Waals surface area contributed by atoms with Crippen molar-refractivity contribution in [3.63, 3.8) is 0 Å². The first kappa shape index (κ1) is 20.5. The highest BCUT2D eigenvalue weighted by atomic mass is 16.5. The Labute approximate surface area is 170 Å². The van der Waals surface area contributed by atoms with Crippen molar-refractivity contribution in [2.45, 2.75) is 33.7 Å². The Morgan fingerprint density at radius 3 is 2.62 bits per heavy atom. The predicted molar refractivity (Wildman–Crippen MR) is 112 cm³/mol. The third-order valence-corrected chi connectivity index (χ3v) is 4.19. The van der Waals surface area contributed by atoms with E-state index in [1.807, 2.05) is 48.3 Å². The van der Waals surface area contributed by atoms with Crippen molar-refractivity contribution in [3.05, 3.63) is 60.4 Å². The van der Waals surface area contributed by atoms with E-state index in [-0.39, 0.29) is 6.42 Å². The Balaban J connectivity index is 1.83. The maximum atomic E-state index is 11.1. The van der Waals surface area contributed by atoms with Crippen molar-refractivity contribution in [1.29, 1.82) is 0 Å². The second kappa shape index (κ2) is 9.28. The highest BCUT2D eigenvalue weighted by Crippen LogP contribution is 2.30. The molecule has 0 atom stereocenters. The van der Waals surface area contributed by atoms with Gasteiger partial charge in [-0.1, -0.05) is 26.0 Å². The molecular weight excluding hydrogens is 368 g/mol. The van der Waals surface area contributed by atoms with Crippen molar-refractivity contribution in [2.24, 2.45) is 5.92 Å². The van der Waals surface area contributed by atoms with E-state index in [0.29, 0.717) is 35.3 Å². The number of carbonyl (C=O) groups is 1. The van der Waals surface area contributed by atoms with Crippen molar-refractivity contribution < 1.29 is 19.4 Å². The van der Waals surface area contributed by atoms with Crippen molar-refractivity contribution in [1.82, 2.24) is 9.78 Å². The number of nitrogens with zero attached hydrogens (tertiary/aromatic N) is 2. The molecule has 0 fully saturated rings. The summed E-state index contributed by atoms with van der Waals surface area (Å²) in [5.41, 5.74) is 2.65. The van der Waals surface area contributed by atoms with Crippen LogP contribution >= 0.6 is 0 Å². The number of hydrogen-bond acceptors (Lipinski definition) is 4. The smallest absolute Gasteiger partial charge is 0.307 e. The summed E-state index contributed by atoms with van der Waals surface area (Å²) in [5.74, 6) is 1.42. The Bertz CT molecular complexity index is 979. The summed E-state index contributed by atoms with van der Waals surface area (Å²) in [7, 11) is 0. The van der Waals surface area contributed by atoms with Gasteiger partial charge in [0.25, 0.3) is 0 Å². The quantitative estimate of drug-likeness (QED) is 0.551. The fraction of sp³-hybridized carbons (Fsp3) is 0.304. The van der Waals surface area contributed by atoms with Gasteiger partial charge in [0.15, 0.2) is 0 Å². The van der Waals surface area contributed by atoms with Gasteiger partial charge >= 0.3 is 5.97 Å². The minimum Gasteiger partial charge on any atom is -0.494 e. The second-order valence-electron chi connectivity index (χ2n) is 7.29. The zero-order valence-corrected chi connectivity index (χ0v) is 17.0. The van der Waals surface area contributed by atoms with Crippen LogP contribution in [0.4, 0.5) is 0 Å². The molecule has 0 aliphatic carbocycles. The van der Waals surface area contributed by atoms with Gasteiger partial charge in [-0.3, -0.25) is 9.48 Å². The lowest BCUT2D eigenvalue weighted by molar-refractivity contribution is -0.136. The molecule has 0 spiro atoms. The maximum absolute atomic E-state index is 11.1. The highest BCUT2D eigenvalue weighted by molar-refractivity contribution is 5.70. The number of aromatic nitrogens is 2. The first-order chi connectivity index (χ1) is 13.9. The SMILES string of the molecule is CCOc1cc(CC(=O)O)cc(Oc2cccc(-c3cnn(CC(C)C)c3)c2)c1. The van der Waals surface area contributed by atoms with E-state index in [2.05, 4.69) is 18.9 Å². The fourth-order valence-electron chi connectivity index (χ4n) is 3.08. The zero-order chi connectivity index (χ0) is 20.8. The molecule has 3 rings (SSSR count). The minimum absolute atomic E-state index is 0.0909. The molecule has 3 aromatic rings. The molecule has 0 unspecified atom stereocenters. The molecule has 152 valence electrons. The Morgan fingerprint density at radius 1 is 1.10 bits per heavy atom. The molecule has 0 aliphatic heterocycles. The van der Waals surface area contributed by atoms with Gasteiger partial charge in [-0.2, -0.15) is 5.10 Å². The monoisotopic (exact) mass is 394 g/mol. The number of carboxylic acids is 1. The summed E-state index contributed by atoms with van der Waals surface area (Å²) < 4.78 is 13.5. The number of benzene rings is 2. The number of aliphatic carboxylic acids is 1. The normalized spacial score (nSPS) is 10.9. The Kier molecular flexibility index (Phi) is 6.54. The second-order valence-corrected chi connectivity index (χ2v) is 7.29. The molecule has 0 aliphatic rings. The van der Waals surface area contributed by atoms with Gasteiger partial charge in [0, 0.05) is 24.4 Å². The molecule has 0 bridgehead atoms. The molecule has 0 saturated heterocycles. The highest BCUT2D eigenvalue weighted by Gasteiger charge is 2.09. The molecule has 1 N–H and O–H groups in total. The van der Waals surface area contributed by atoms with E-state index in [0.717, 1.165) is 17.7 Å². The molecule has 29 heavy (non-hydrogen) atoms. The molecule has 6 heteroatoms. The summed E-state index contributed by atoms with van der Waals surface area (Å²) >= 11 is 0. The molecule has 1 heterocycles. The van der Waals surface area contributed by atoms with Crippen LogP contribution < -0.4 is 9.47 Å². The van der Waals surface area contributed by atoms with Crippen LogP contribution in [-0.2, 0) is 17.8 Å². The summed E-state index contributed by atoms with van der Waals surface area (Å²) in [4.78, 5) is 11.1. The topological polar surface area (TPSA) is 73.6 Å². The number of carboxylic acid groups (broad SMARTS) is 1. The molecule has 0 radical (unpaired) electrons. The van der Waals surface area contributed by atoms with E-state index in [1.165, 1.54) is 0 Å². The Hall–Kier alpha value is -3.28. The van der Waals surface area contributed by atoms with E-state index in [9.17, 15) is 4.79 Å². The van der Waals surface area contributed by atoms with Crippen LogP contribution in [0.1, 0.15) is 26.3 Å². The van der Waals surface area contributed by atoms with E-state index in [1.54, 1.807) is 18.2 Å². The van der Waals surface area contributed by atoms with E-state index in [4.69, 9.17) is 14.6 Å². The van der Waals surface area contributed by atoms with Gasteiger partial charge in [-0.25, -0.2) is 0 Å². The first-order valence-corrected chi connectivity index (χ1v) is 9.72. The molecule has 0 saturated carbocycles. The molecule has 0 amide bonds. The molecular formula is C23H26N2O4. The Morgan fingerprint density at radius 2 is 1.90 bits per heavy atom. The standard InChI is InChI=1S/C23H26N2O4/c1-4-28-21-8-17(10-23(26)27)9-22(12-21)29-20-7-5-6-18(11-20)19-13-24-25(15-19)14-16(2)3/h5-9,11-13,15-16H,4,10,14H2,1-3H3,(H,26,27). The lowest BCUT2D eigenvalue weighted by Crippen LogP contribution is -2.03. The summed E-state index contributed by atoms with van der Waals surface area (Å²) in [5, 5.41) is 13.5. The summed E-state index contributed by atoms with van der Waals surface area (Å²) in [6, 6.07) is 13.0. The minimum atomic E-state index is -0.898. The van der Waals surface area contributed by atoms with Crippen molar-refractivity contribution >= 4 is 5.97 Å². The summed E-state index contributed by atoms with van der Waals surface area (Å²) in [6.45, 7) is 7.56. The van der Waals surface area contributed by atoms with Crippen LogP contribution in [0, 0.1) is 5.92 Å². The number of rotatable bonds is 9. The van der Waals surface area contributed by atoms with Crippen LogP contribution in [-0.4, -0.2) is 27.5 Å². The summed E-state index contributed by atoms with van der Waals surface area (Å²) in [6.07, 6.45) is 3.79.